The number of aliphatic imine (C=N–C) groups is 1. The third kappa shape index (κ3) is 6.10. The molecular weight excluding hydrogens is 408 g/mol. The number of benzene rings is 1. The molecule has 0 fully saturated rings. The van der Waals surface area contributed by atoms with Crippen LogP contribution in [0.15, 0.2) is 45.8 Å². The van der Waals surface area contributed by atoms with Crippen LogP contribution >= 0.6 is 0 Å². The van der Waals surface area contributed by atoms with E-state index in [4.69, 9.17) is 9.15 Å². The highest BCUT2D eigenvalue weighted by Crippen LogP contribution is 2.21. The molecule has 0 amide bonds. The van der Waals surface area contributed by atoms with Crippen LogP contribution in [-0.4, -0.2) is 46.0 Å². The molecule has 0 aliphatic heterocycles. The molecule has 1 atom stereocenters. The topological polar surface area (TPSA) is 110 Å². The minimum Gasteiger partial charge on any atom is -0.497 e. The van der Waals surface area contributed by atoms with Gasteiger partial charge in [-0.3, -0.25) is 0 Å². The van der Waals surface area contributed by atoms with Gasteiger partial charge in [-0.1, -0.05) is 12.1 Å². The molecule has 9 nitrogen and oxygen atoms in total. The smallest absolute Gasteiger partial charge is 0.191 e. The molecule has 0 radical (unpaired) electrons. The van der Waals surface area contributed by atoms with Crippen molar-refractivity contribution < 1.29 is 14.3 Å². The van der Waals surface area contributed by atoms with Crippen LogP contribution in [0.4, 0.5) is 0 Å². The number of hydrogen-bond donors (Lipinski definition) is 3. The standard InChI is InChI=1S/C23H32N6O3/c1-16-6-11-20(32-16)23(3,30)15-26-22(25-14-21-28-27-17(2)29(21)4)24-13-12-18-7-9-19(31-5)10-8-18/h6-11,30H,12-15H2,1-5H3,(H2,24,25,26). The van der Waals surface area contributed by atoms with Crippen LogP contribution in [0.2, 0.25) is 0 Å². The van der Waals surface area contributed by atoms with E-state index < -0.39 is 5.60 Å². The van der Waals surface area contributed by atoms with E-state index in [1.54, 1.807) is 20.1 Å². The van der Waals surface area contributed by atoms with Crippen molar-refractivity contribution in [2.75, 3.05) is 20.2 Å². The van der Waals surface area contributed by atoms with Gasteiger partial charge in [-0.2, -0.15) is 0 Å². The third-order valence-electron chi connectivity index (χ3n) is 5.30. The van der Waals surface area contributed by atoms with Crippen LogP contribution < -0.4 is 15.4 Å². The highest BCUT2D eigenvalue weighted by molar-refractivity contribution is 5.79. The average molecular weight is 441 g/mol. The fourth-order valence-electron chi connectivity index (χ4n) is 3.10. The molecule has 1 aromatic carbocycles. The largest absolute Gasteiger partial charge is 0.497 e. The van der Waals surface area contributed by atoms with E-state index >= 15 is 0 Å². The Hall–Kier alpha value is -3.33. The number of furan rings is 1. The quantitative estimate of drug-likeness (QED) is 0.346. The molecule has 0 bridgehead atoms. The van der Waals surface area contributed by atoms with E-state index in [-0.39, 0.29) is 6.54 Å². The first-order valence-corrected chi connectivity index (χ1v) is 10.6. The number of nitrogens with zero attached hydrogens (tertiary/aromatic N) is 4. The van der Waals surface area contributed by atoms with Crippen LogP contribution in [-0.2, 0) is 25.6 Å². The van der Waals surface area contributed by atoms with Crippen LogP contribution in [0.5, 0.6) is 5.75 Å². The van der Waals surface area contributed by atoms with Crippen molar-refractivity contribution in [3.05, 3.63) is 65.1 Å². The Morgan fingerprint density at radius 2 is 1.91 bits per heavy atom. The van der Waals surface area contributed by atoms with Gasteiger partial charge in [-0.15, -0.1) is 10.2 Å². The maximum absolute atomic E-state index is 10.9. The molecule has 172 valence electrons. The molecule has 3 N–H and O–H groups in total. The minimum atomic E-state index is -1.19. The van der Waals surface area contributed by atoms with Crippen molar-refractivity contribution in [1.29, 1.82) is 0 Å². The summed E-state index contributed by atoms with van der Waals surface area (Å²) < 4.78 is 12.7. The molecule has 9 heteroatoms. The van der Waals surface area contributed by atoms with Gasteiger partial charge in [0.15, 0.2) is 11.8 Å². The van der Waals surface area contributed by atoms with Gasteiger partial charge in [0.25, 0.3) is 0 Å². The van der Waals surface area contributed by atoms with Crippen LogP contribution in [0.25, 0.3) is 0 Å². The summed E-state index contributed by atoms with van der Waals surface area (Å²) in [6.45, 7) is 6.71. The van der Waals surface area contributed by atoms with Crippen LogP contribution in [0, 0.1) is 13.8 Å². The fraction of sp³-hybridized carbons (Fsp3) is 0.435. The van der Waals surface area contributed by atoms with Gasteiger partial charge in [-0.05, 0) is 57.0 Å². The number of rotatable bonds is 9. The van der Waals surface area contributed by atoms with E-state index in [0.717, 1.165) is 29.6 Å². The lowest BCUT2D eigenvalue weighted by molar-refractivity contribution is 0.0378. The summed E-state index contributed by atoms with van der Waals surface area (Å²) in [5.41, 5.74) is -0.00623. The lowest BCUT2D eigenvalue weighted by atomic mass is 10.0. The van der Waals surface area contributed by atoms with E-state index in [1.165, 1.54) is 5.56 Å². The number of nitrogens with one attached hydrogen (secondary N) is 2. The summed E-state index contributed by atoms with van der Waals surface area (Å²) in [6, 6.07) is 11.6. The molecular formula is C23H32N6O3. The van der Waals surface area contributed by atoms with Crippen molar-refractivity contribution in [2.45, 2.75) is 39.3 Å². The number of aryl methyl sites for hydroxylation is 2. The van der Waals surface area contributed by atoms with Gasteiger partial charge in [0.05, 0.1) is 13.7 Å². The zero-order chi connectivity index (χ0) is 23.1. The minimum absolute atomic E-state index is 0.228. The monoisotopic (exact) mass is 440 g/mol. The molecule has 0 saturated heterocycles. The molecule has 32 heavy (non-hydrogen) atoms. The zero-order valence-corrected chi connectivity index (χ0v) is 19.3. The van der Waals surface area contributed by atoms with E-state index in [0.29, 0.717) is 24.8 Å². The molecule has 0 aliphatic rings. The van der Waals surface area contributed by atoms with E-state index in [1.807, 2.05) is 55.8 Å². The zero-order valence-electron chi connectivity index (χ0n) is 19.3. The molecule has 2 heterocycles. The fourth-order valence-corrected chi connectivity index (χ4v) is 3.10. The Morgan fingerprint density at radius 1 is 1.16 bits per heavy atom. The van der Waals surface area contributed by atoms with Crippen molar-refractivity contribution in [3.8, 4) is 5.75 Å². The Balaban J connectivity index is 1.65. The first-order chi connectivity index (χ1) is 15.3. The van der Waals surface area contributed by atoms with Crippen LogP contribution in [0.3, 0.4) is 0 Å². The number of methoxy groups -OCH3 is 1. The average Bonchev–Trinajstić information content (AvgIpc) is 3.36. The SMILES string of the molecule is COc1ccc(CCNC(=NCc2nnc(C)n2C)NCC(C)(O)c2ccc(C)o2)cc1. The lowest BCUT2D eigenvalue weighted by Gasteiger charge is -2.23. The highest BCUT2D eigenvalue weighted by Gasteiger charge is 2.27. The summed E-state index contributed by atoms with van der Waals surface area (Å²) in [7, 11) is 3.57. The molecule has 1 unspecified atom stereocenters. The lowest BCUT2D eigenvalue weighted by Crippen LogP contribution is -2.45. The van der Waals surface area contributed by atoms with Gasteiger partial charge >= 0.3 is 0 Å². The number of hydrogen-bond acceptors (Lipinski definition) is 6. The van der Waals surface area contributed by atoms with Gasteiger partial charge in [-0.25, -0.2) is 4.99 Å². The second-order valence-electron chi connectivity index (χ2n) is 7.95. The first kappa shape index (κ1) is 23.3. The predicted octanol–water partition coefficient (Wildman–Crippen LogP) is 2.22. The number of aromatic nitrogens is 3. The van der Waals surface area contributed by atoms with Crippen molar-refractivity contribution in [2.24, 2.45) is 12.0 Å². The predicted molar refractivity (Wildman–Crippen MR) is 123 cm³/mol. The second-order valence-corrected chi connectivity index (χ2v) is 7.95. The Morgan fingerprint density at radius 3 is 2.50 bits per heavy atom. The van der Waals surface area contributed by atoms with Crippen molar-refractivity contribution >= 4 is 5.96 Å². The molecule has 0 saturated carbocycles. The van der Waals surface area contributed by atoms with Gasteiger partial charge in [0.1, 0.15) is 35.2 Å². The molecule has 3 rings (SSSR count). The Kier molecular flexibility index (Phi) is 7.53. The molecule has 2 aromatic heterocycles. The summed E-state index contributed by atoms with van der Waals surface area (Å²) >= 11 is 0. The van der Waals surface area contributed by atoms with Gasteiger partial charge < -0.3 is 29.5 Å². The van der Waals surface area contributed by atoms with E-state index in [9.17, 15) is 5.11 Å². The third-order valence-corrected chi connectivity index (χ3v) is 5.30. The van der Waals surface area contributed by atoms with Crippen molar-refractivity contribution in [1.82, 2.24) is 25.4 Å². The van der Waals surface area contributed by atoms with E-state index in [2.05, 4.69) is 25.8 Å². The number of guanidine groups is 1. The normalized spacial score (nSPS) is 13.6. The summed E-state index contributed by atoms with van der Waals surface area (Å²) in [5, 5.41) is 25.6. The highest BCUT2D eigenvalue weighted by atomic mass is 16.5. The van der Waals surface area contributed by atoms with Gasteiger partial charge in [0, 0.05) is 13.6 Å². The summed E-state index contributed by atoms with van der Waals surface area (Å²) in [6.07, 6.45) is 0.807. The van der Waals surface area contributed by atoms with Crippen LogP contribution in [0.1, 0.15) is 35.7 Å². The number of ether oxygens (including phenoxy) is 1. The second kappa shape index (κ2) is 10.3. The number of aliphatic hydroxyl groups is 1. The summed E-state index contributed by atoms with van der Waals surface area (Å²) in [5.74, 6) is 4.25. The maximum atomic E-state index is 10.9. The summed E-state index contributed by atoms with van der Waals surface area (Å²) in [4.78, 5) is 4.64. The molecule has 0 spiro atoms. The Bertz CT molecular complexity index is 1040. The first-order valence-electron chi connectivity index (χ1n) is 10.6. The van der Waals surface area contributed by atoms with Crippen molar-refractivity contribution in [3.63, 3.8) is 0 Å². The van der Waals surface area contributed by atoms with Gasteiger partial charge in [0.2, 0.25) is 0 Å². The Labute approximate surface area is 188 Å². The molecule has 3 aromatic rings. The molecule has 0 aliphatic carbocycles. The maximum Gasteiger partial charge on any atom is 0.191 e.